The number of amides is 1. The molecule has 1 amide bonds. The molecular weight excluding hydrogens is 240 g/mol. The number of rotatable bonds is 3. The molecule has 5 nitrogen and oxygen atoms in total. The second kappa shape index (κ2) is 5.15. The third kappa shape index (κ3) is 3.03. The summed E-state index contributed by atoms with van der Waals surface area (Å²) < 4.78 is 0. The number of nitrogens with zero attached hydrogens (tertiary/aromatic N) is 3. The zero-order valence-electron chi connectivity index (χ0n) is 11.3. The molecule has 0 atom stereocenters. The van der Waals surface area contributed by atoms with Gasteiger partial charge >= 0.3 is 0 Å². The summed E-state index contributed by atoms with van der Waals surface area (Å²) in [5.41, 5.74) is 0. The van der Waals surface area contributed by atoms with Gasteiger partial charge in [0.2, 0.25) is 5.91 Å². The van der Waals surface area contributed by atoms with E-state index in [0.29, 0.717) is 6.04 Å². The molecular formula is C14H20N4O. The fraction of sp³-hybridized carbons (Fsp3) is 0.643. The molecule has 0 bridgehead atoms. The van der Waals surface area contributed by atoms with Gasteiger partial charge in [0.1, 0.15) is 11.6 Å². The first kappa shape index (κ1) is 12.4. The molecule has 1 saturated carbocycles. The molecule has 1 aromatic heterocycles. The van der Waals surface area contributed by atoms with Crippen molar-refractivity contribution in [2.45, 2.75) is 38.6 Å². The molecule has 1 aliphatic carbocycles. The Bertz CT molecular complexity index is 464. The number of hydrogen-bond acceptors (Lipinski definition) is 4. The van der Waals surface area contributed by atoms with Gasteiger partial charge in [-0.3, -0.25) is 4.79 Å². The van der Waals surface area contributed by atoms with Gasteiger partial charge in [0.05, 0.1) is 0 Å². The Kier molecular flexibility index (Phi) is 3.36. The average molecular weight is 260 g/mol. The lowest BCUT2D eigenvalue weighted by Gasteiger charge is -2.32. The van der Waals surface area contributed by atoms with Gasteiger partial charge in [-0.25, -0.2) is 9.97 Å². The number of aryl methyl sites for hydroxylation is 1. The Hall–Kier alpha value is -1.65. The van der Waals surface area contributed by atoms with E-state index in [1.54, 1.807) is 6.20 Å². The molecule has 2 aliphatic rings. The molecule has 0 aromatic carbocycles. The highest BCUT2D eigenvalue weighted by molar-refractivity contribution is 5.79. The van der Waals surface area contributed by atoms with Crippen LogP contribution in [-0.4, -0.2) is 35.0 Å². The summed E-state index contributed by atoms with van der Waals surface area (Å²) in [7, 11) is 0. The van der Waals surface area contributed by atoms with Crippen LogP contribution >= 0.6 is 0 Å². The van der Waals surface area contributed by atoms with Gasteiger partial charge in [-0.1, -0.05) is 0 Å². The Labute approximate surface area is 113 Å². The van der Waals surface area contributed by atoms with E-state index in [1.807, 2.05) is 13.0 Å². The van der Waals surface area contributed by atoms with Crippen molar-refractivity contribution in [2.24, 2.45) is 5.92 Å². The largest absolute Gasteiger partial charge is 0.356 e. The van der Waals surface area contributed by atoms with Crippen molar-refractivity contribution >= 4 is 11.7 Å². The number of anilines is 1. The van der Waals surface area contributed by atoms with Crippen molar-refractivity contribution in [2.75, 3.05) is 18.0 Å². The van der Waals surface area contributed by atoms with Crippen LogP contribution in [0.25, 0.3) is 0 Å². The van der Waals surface area contributed by atoms with Crippen LogP contribution in [0.4, 0.5) is 5.82 Å². The van der Waals surface area contributed by atoms with Crippen molar-refractivity contribution < 1.29 is 4.79 Å². The highest BCUT2D eigenvalue weighted by Crippen LogP contribution is 2.24. The van der Waals surface area contributed by atoms with Gasteiger partial charge < -0.3 is 10.2 Å². The predicted octanol–water partition coefficient (Wildman–Crippen LogP) is 1.28. The number of aromatic nitrogens is 2. The topological polar surface area (TPSA) is 58.1 Å². The van der Waals surface area contributed by atoms with E-state index in [2.05, 4.69) is 20.2 Å². The van der Waals surface area contributed by atoms with Crippen LogP contribution in [-0.2, 0) is 4.79 Å². The van der Waals surface area contributed by atoms with Crippen LogP contribution < -0.4 is 10.2 Å². The van der Waals surface area contributed by atoms with Gasteiger partial charge in [0, 0.05) is 31.2 Å². The number of carbonyl (C=O) groups is 1. The summed E-state index contributed by atoms with van der Waals surface area (Å²) >= 11 is 0. The predicted molar refractivity (Wildman–Crippen MR) is 72.9 cm³/mol. The van der Waals surface area contributed by atoms with Crippen LogP contribution in [0.5, 0.6) is 0 Å². The molecule has 2 heterocycles. The van der Waals surface area contributed by atoms with Crippen LogP contribution in [0, 0.1) is 12.8 Å². The van der Waals surface area contributed by atoms with Crippen LogP contribution in [0.1, 0.15) is 31.5 Å². The average Bonchev–Trinajstić information content (AvgIpc) is 3.23. The summed E-state index contributed by atoms with van der Waals surface area (Å²) in [6.45, 7) is 3.71. The van der Waals surface area contributed by atoms with E-state index in [-0.39, 0.29) is 11.8 Å². The lowest BCUT2D eigenvalue weighted by molar-refractivity contribution is -0.125. The lowest BCUT2D eigenvalue weighted by atomic mass is 9.96. The van der Waals surface area contributed by atoms with Gasteiger partial charge in [-0.05, 0) is 38.7 Å². The maximum absolute atomic E-state index is 12.0. The molecule has 0 unspecified atom stereocenters. The van der Waals surface area contributed by atoms with Gasteiger partial charge in [-0.15, -0.1) is 0 Å². The third-order valence-electron chi connectivity index (χ3n) is 3.87. The van der Waals surface area contributed by atoms with Crippen molar-refractivity contribution in [1.82, 2.24) is 15.3 Å². The number of hydrogen-bond donors (Lipinski definition) is 1. The first-order valence-electron chi connectivity index (χ1n) is 7.07. The zero-order valence-corrected chi connectivity index (χ0v) is 11.3. The summed E-state index contributed by atoms with van der Waals surface area (Å²) in [5.74, 6) is 2.21. The molecule has 1 aromatic rings. The third-order valence-corrected chi connectivity index (χ3v) is 3.87. The molecule has 1 saturated heterocycles. The van der Waals surface area contributed by atoms with E-state index < -0.39 is 0 Å². The molecule has 2 fully saturated rings. The minimum atomic E-state index is 0.180. The molecule has 0 spiro atoms. The van der Waals surface area contributed by atoms with E-state index >= 15 is 0 Å². The quantitative estimate of drug-likeness (QED) is 0.889. The van der Waals surface area contributed by atoms with Gasteiger partial charge in [0.25, 0.3) is 0 Å². The smallest absolute Gasteiger partial charge is 0.223 e. The maximum atomic E-state index is 12.0. The minimum Gasteiger partial charge on any atom is -0.356 e. The number of nitrogens with one attached hydrogen (secondary N) is 1. The lowest BCUT2D eigenvalue weighted by Crippen LogP contribution is -2.41. The first-order chi connectivity index (χ1) is 9.22. The highest BCUT2D eigenvalue weighted by Gasteiger charge is 2.30. The molecule has 1 aliphatic heterocycles. The van der Waals surface area contributed by atoms with E-state index in [4.69, 9.17) is 0 Å². The number of carbonyl (C=O) groups excluding carboxylic acids is 1. The Morgan fingerprint density at radius 3 is 2.68 bits per heavy atom. The van der Waals surface area contributed by atoms with Gasteiger partial charge in [-0.2, -0.15) is 0 Å². The van der Waals surface area contributed by atoms with Crippen LogP contribution in [0.2, 0.25) is 0 Å². The normalized spacial score (nSPS) is 20.4. The monoisotopic (exact) mass is 260 g/mol. The van der Waals surface area contributed by atoms with E-state index in [9.17, 15) is 4.79 Å². The Balaban J connectivity index is 1.55. The van der Waals surface area contributed by atoms with Crippen LogP contribution in [0.3, 0.4) is 0 Å². The molecule has 102 valence electrons. The van der Waals surface area contributed by atoms with Gasteiger partial charge in [0.15, 0.2) is 0 Å². The summed E-state index contributed by atoms with van der Waals surface area (Å²) in [5, 5.41) is 3.10. The Morgan fingerprint density at radius 2 is 2.05 bits per heavy atom. The van der Waals surface area contributed by atoms with Crippen molar-refractivity contribution in [1.29, 1.82) is 0 Å². The minimum absolute atomic E-state index is 0.180. The second-order valence-electron chi connectivity index (χ2n) is 5.51. The summed E-state index contributed by atoms with van der Waals surface area (Å²) in [6.07, 6.45) is 5.95. The highest BCUT2D eigenvalue weighted by atomic mass is 16.2. The van der Waals surface area contributed by atoms with Crippen molar-refractivity contribution in [3.63, 3.8) is 0 Å². The fourth-order valence-corrected chi connectivity index (χ4v) is 2.54. The molecule has 3 rings (SSSR count). The van der Waals surface area contributed by atoms with Crippen LogP contribution in [0.15, 0.2) is 12.3 Å². The Morgan fingerprint density at radius 1 is 1.32 bits per heavy atom. The molecule has 5 heteroatoms. The summed E-state index contributed by atoms with van der Waals surface area (Å²) in [6, 6.07) is 2.41. The van der Waals surface area contributed by atoms with Crippen molar-refractivity contribution in [3.05, 3.63) is 18.1 Å². The second-order valence-corrected chi connectivity index (χ2v) is 5.51. The van der Waals surface area contributed by atoms with E-state index in [0.717, 1.165) is 50.4 Å². The maximum Gasteiger partial charge on any atom is 0.223 e. The molecule has 0 radical (unpaired) electrons. The SMILES string of the molecule is Cc1nccc(N2CCC(C(=O)NC3CC3)CC2)n1. The first-order valence-corrected chi connectivity index (χ1v) is 7.07. The molecule has 1 N–H and O–H groups in total. The zero-order chi connectivity index (χ0) is 13.2. The standard InChI is InChI=1S/C14H20N4O/c1-10-15-7-4-13(16-10)18-8-5-11(6-9-18)14(19)17-12-2-3-12/h4,7,11-12H,2-3,5-6,8-9H2,1H3,(H,17,19). The summed E-state index contributed by atoms with van der Waals surface area (Å²) in [4.78, 5) is 22.8. The fourth-order valence-electron chi connectivity index (χ4n) is 2.54. The number of piperidine rings is 1. The van der Waals surface area contributed by atoms with E-state index in [1.165, 1.54) is 0 Å². The van der Waals surface area contributed by atoms with Crippen molar-refractivity contribution in [3.8, 4) is 0 Å². The molecule has 19 heavy (non-hydrogen) atoms.